The van der Waals surface area contributed by atoms with E-state index in [0.29, 0.717) is 35.0 Å². The van der Waals surface area contributed by atoms with Crippen molar-refractivity contribution in [2.24, 2.45) is 46.3 Å². The third kappa shape index (κ3) is 2.46. The predicted molar refractivity (Wildman–Crippen MR) is 118 cm³/mol. The minimum Gasteiger partial charge on any atom is -0.512 e. The summed E-state index contributed by atoms with van der Waals surface area (Å²) in [6.07, 6.45) is 14.3. The van der Waals surface area contributed by atoms with E-state index in [4.69, 9.17) is 9.47 Å². The molecule has 6 rings (SSSR count). The van der Waals surface area contributed by atoms with E-state index < -0.39 is 0 Å². The number of hydrogen-bond acceptors (Lipinski definition) is 3. The van der Waals surface area contributed by atoms with Crippen molar-refractivity contribution in [2.75, 3.05) is 6.61 Å². The van der Waals surface area contributed by atoms with E-state index in [-0.39, 0.29) is 11.2 Å². The summed E-state index contributed by atoms with van der Waals surface area (Å²) in [6.45, 7) is 10.7. The second kappa shape index (κ2) is 6.38. The monoisotopic (exact) mass is 412 g/mol. The zero-order valence-corrected chi connectivity index (χ0v) is 19.3. The van der Waals surface area contributed by atoms with Gasteiger partial charge in [-0.3, -0.25) is 0 Å². The first kappa shape index (κ1) is 19.9. The Morgan fingerprint density at radius 2 is 1.90 bits per heavy atom. The van der Waals surface area contributed by atoms with E-state index in [1.807, 2.05) is 0 Å². The van der Waals surface area contributed by atoms with Crippen LogP contribution in [0.5, 0.6) is 0 Å². The van der Waals surface area contributed by atoms with E-state index in [0.717, 1.165) is 43.6 Å². The van der Waals surface area contributed by atoms with Crippen LogP contribution in [0.1, 0.15) is 79.1 Å². The van der Waals surface area contributed by atoms with Gasteiger partial charge in [0.15, 0.2) is 5.79 Å². The molecule has 1 spiro atoms. The molecule has 2 aliphatic heterocycles. The predicted octanol–water partition coefficient (Wildman–Crippen LogP) is 6.40. The second-order valence-corrected chi connectivity index (χ2v) is 12.3. The van der Waals surface area contributed by atoms with Crippen LogP contribution in [0.2, 0.25) is 0 Å². The molecular formula is C27H40O3. The Bertz CT molecular complexity index is 790. The van der Waals surface area contributed by atoms with Crippen LogP contribution in [-0.2, 0) is 9.47 Å². The number of aliphatic hydroxyl groups excluding tert-OH is 1. The number of aliphatic hydroxyl groups is 1. The summed E-state index contributed by atoms with van der Waals surface area (Å²) in [5.74, 6) is 4.39. The highest BCUT2D eigenvalue weighted by molar-refractivity contribution is 5.35. The fourth-order valence-electron chi connectivity index (χ4n) is 9.33. The first-order valence-electron chi connectivity index (χ1n) is 12.7. The molecule has 166 valence electrons. The zero-order valence-electron chi connectivity index (χ0n) is 19.3. The highest BCUT2D eigenvalue weighted by atomic mass is 16.7. The minimum absolute atomic E-state index is 0.254. The summed E-state index contributed by atoms with van der Waals surface area (Å²) in [6, 6.07) is 0. The maximum atomic E-state index is 10.1. The third-order valence-electron chi connectivity index (χ3n) is 11.0. The number of fused-ring (bicyclic) bond motifs is 7. The molecule has 6 aliphatic rings. The summed E-state index contributed by atoms with van der Waals surface area (Å²) >= 11 is 0. The van der Waals surface area contributed by atoms with E-state index in [2.05, 4.69) is 39.8 Å². The first-order chi connectivity index (χ1) is 14.3. The van der Waals surface area contributed by atoms with Gasteiger partial charge in [0.25, 0.3) is 0 Å². The molecule has 0 bridgehead atoms. The van der Waals surface area contributed by atoms with Gasteiger partial charge in [0.1, 0.15) is 0 Å². The van der Waals surface area contributed by atoms with E-state index in [1.165, 1.54) is 37.7 Å². The summed E-state index contributed by atoms with van der Waals surface area (Å²) in [7, 11) is 0. The number of hydrogen-bond donors (Lipinski definition) is 1. The molecule has 4 aliphatic carbocycles. The molecule has 0 radical (unpaired) electrons. The van der Waals surface area contributed by atoms with Crippen LogP contribution in [0.15, 0.2) is 23.5 Å². The van der Waals surface area contributed by atoms with Gasteiger partial charge in [-0.05, 0) is 90.6 Å². The van der Waals surface area contributed by atoms with Crippen LogP contribution < -0.4 is 0 Å². The summed E-state index contributed by atoms with van der Waals surface area (Å²) in [5.41, 5.74) is 2.06. The maximum Gasteiger partial charge on any atom is 0.171 e. The smallest absolute Gasteiger partial charge is 0.171 e. The fourth-order valence-corrected chi connectivity index (χ4v) is 9.33. The highest BCUT2D eigenvalue weighted by Gasteiger charge is 2.68. The molecule has 0 aromatic carbocycles. The highest BCUT2D eigenvalue weighted by Crippen LogP contribution is 2.70. The third-order valence-corrected chi connectivity index (χ3v) is 11.0. The van der Waals surface area contributed by atoms with Crippen molar-refractivity contribution in [3.05, 3.63) is 23.5 Å². The molecule has 2 saturated carbocycles. The summed E-state index contributed by atoms with van der Waals surface area (Å²) in [4.78, 5) is 0. The molecule has 0 aromatic rings. The van der Waals surface area contributed by atoms with Gasteiger partial charge in [0.05, 0.1) is 18.5 Å². The second-order valence-electron chi connectivity index (χ2n) is 12.3. The average molecular weight is 413 g/mol. The Morgan fingerprint density at radius 1 is 1.07 bits per heavy atom. The minimum atomic E-state index is -0.302. The molecule has 4 fully saturated rings. The van der Waals surface area contributed by atoms with Gasteiger partial charge in [0, 0.05) is 18.8 Å². The van der Waals surface area contributed by atoms with E-state index in [9.17, 15) is 5.11 Å². The Labute approximate surface area is 182 Å². The van der Waals surface area contributed by atoms with Crippen molar-refractivity contribution in [2.45, 2.75) is 91.0 Å². The molecule has 10 atom stereocenters. The number of ether oxygens (including phenoxy) is 2. The molecule has 0 amide bonds. The Kier molecular flexibility index (Phi) is 4.22. The van der Waals surface area contributed by atoms with Crippen LogP contribution >= 0.6 is 0 Å². The van der Waals surface area contributed by atoms with Crippen LogP contribution in [0, 0.1) is 46.3 Å². The number of allylic oxidation sites excluding steroid dienone is 4. The maximum absolute atomic E-state index is 10.1. The van der Waals surface area contributed by atoms with Crippen LogP contribution in [0.4, 0.5) is 0 Å². The van der Waals surface area contributed by atoms with Gasteiger partial charge in [-0.2, -0.15) is 0 Å². The van der Waals surface area contributed by atoms with Crippen LogP contribution in [0.3, 0.4) is 0 Å². The molecule has 3 nitrogen and oxygen atoms in total. The fraction of sp³-hybridized carbons (Fsp3) is 0.852. The average Bonchev–Trinajstić information content (AvgIpc) is 3.16. The van der Waals surface area contributed by atoms with Crippen molar-refractivity contribution in [3.8, 4) is 0 Å². The molecule has 1 N–H and O–H groups in total. The van der Waals surface area contributed by atoms with Crippen molar-refractivity contribution >= 4 is 0 Å². The standard InChI is InChI=1S/C27H40O3/c1-16-7-12-27(29-15-16)17(2)24-23(30-27)14-22-20-6-5-18-13-19(28)8-10-25(18,3)21(20)9-11-26(22,24)4/h5,13,16-17,20-24,28H,6-12,14-15H2,1-4H3/t16-,17?,20?,21?,22?,23?,24?,25+,26+,27?/m1/s1. The summed E-state index contributed by atoms with van der Waals surface area (Å²) in [5, 5.41) is 10.1. The van der Waals surface area contributed by atoms with Crippen molar-refractivity contribution in [3.63, 3.8) is 0 Å². The van der Waals surface area contributed by atoms with Gasteiger partial charge in [-0.1, -0.05) is 33.8 Å². The Morgan fingerprint density at radius 3 is 2.67 bits per heavy atom. The molecule has 0 aromatic heterocycles. The van der Waals surface area contributed by atoms with Gasteiger partial charge in [-0.25, -0.2) is 0 Å². The molecule has 3 heteroatoms. The Hall–Kier alpha value is -0.800. The molecule has 2 saturated heterocycles. The van der Waals surface area contributed by atoms with Gasteiger partial charge in [-0.15, -0.1) is 0 Å². The topological polar surface area (TPSA) is 38.7 Å². The molecule has 2 heterocycles. The molecular weight excluding hydrogens is 372 g/mol. The first-order valence-corrected chi connectivity index (χ1v) is 12.7. The van der Waals surface area contributed by atoms with Crippen LogP contribution in [0.25, 0.3) is 0 Å². The van der Waals surface area contributed by atoms with Crippen molar-refractivity contribution in [1.29, 1.82) is 0 Å². The SMILES string of the molecule is CC1C2C(CC3C4CC=C5C=C(O)CC[C@]5(C)C4CC[C@@]32C)OC12CC[C@@H](C)CO2. The van der Waals surface area contributed by atoms with Crippen molar-refractivity contribution in [1.82, 2.24) is 0 Å². The normalized spacial score (nSPS) is 57.1. The summed E-state index contributed by atoms with van der Waals surface area (Å²) < 4.78 is 13.3. The lowest BCUT2D eigenvalue weighted by molar-refractivity contribution is -0.272. The molecule has 7 unspecified atom stereocenters. The van der Waals surface area contributed by atoms with Crippen molar-refractivity contribution < 1.29 is 14.6 Å². The zero-order chi connectivity index (χ0) is 20.9. The largest absolute Gasteiger partial charge is 0.512 e. The number of rotatable bonds is 0. The van der Waals surface area contributed by atoms with Crippen LogP contribution in [-0.4, -0.2) is 23.6 Å². The van der Waals surface area contributed by atoms with Gasteiger partial charge in [0.2, 0.25) is 0 Å². The quantitative estimate of drug-likeness (QED) is 0.500. The van der Waals surface area contributed by atoms with E-state index in [1.54, 1.807) is 0 Å². The Balaban J connectivity index is 1.30. The lowest BCUT2D eigenvalue weighted by Crippen LogP contribution is -2.51. The van der Waals surface area contributed by atoms with Gasteiger partial charge >= 0.3 is 0 Å². The molecule has 30 heavy (non-hydrogen) atoms. The lowest BCUT2D eigenvalue weighted by atomic mass is 9.47. The lowest BCUT2D eigenvalue weighted by Gasteiger charge is -2.57. The van der Waals surface area contributed by atoms with E-state index >= 15 is 0 Å². The van der Waals surface area contributed by atoms with Gasteiger partial charge < -0.3 is 14.6 Å².